The fourth-order valence-corrected chi connectivity index (χ4v) is 4.75. The summed E-state index contributed by atoms with van der Waals surface area (Å²) in [6.07, 6.45) is 0. The lowest BCUT2D eigenvalue weighted by atomic mass is 10.2. The molecule has 0 spiro atoms. The number of quaternary nitrogens is 1. The van der Waals surface area contributed by atoms with Gasteiger partial charge in [0, 0.05) is 5.69 Å². The second kappa shape index (κ2) is 8.34. The van der Waals surface area contributed by atoms with Crippen LogP contribution in [-0.4, -0.2) is 50.9 Å². The van der Waals surface area contributed by atoms with Crippen LogP contribution >= 0.6 is 0 Å². The maximum atomic E-state index is 13.9. The molecule has 3 rings (SSSR count). The summed E-state index contributed by atoms with van der Waals surface area (Å²) in [6, 6.07) is 10.5. The van der Waals surface area contributed by atoms with Crippen molar-refractivity contribution in [2.24, 2.45) is 0 Å². The first kappa shape index (κ1) is 20.4. The summed E-state index contributed by atoms with van der Waals surface area (Å²) in [5, 5.41) is 2.67. The summed E-state index contributed by atoms with van der Waals surface area (Å²) in [4.78, 5) is 13.0. The maximum Gasteiger partial charge on any atom is 0.282 e. The number of carbonyl (C=O) groups is 1. The van der Waals surface area contributed by atoms with E-state index >= 15 is 0 Å². The zero-order valence-electron chi connectivity index (χ0n) is 15.4. The molecule has 28 heavy (non-hydrogen) atoms. The van der Waals surface area contributed by atoms with Gasteiger partial charge in [-0.05, 0) is 37.3 Å². The number of sulfonamides is 1. The van der Waals surface area contributed by atoms with Gasteiger partial charge in [0.05, 0.1) is 26.2 Å². The molecule has 2 N–H and O–H groups in total. The van der Waals surface area contributed by atoms with Gasteiger partial charge in [-0.2, -0.15) is 4.31 Å². The minimum Gasteiger partial charge on any atom is -0.323 e. The molecular formula is C19H22F2N3O3S+. The Morgan fingerprint density at radius 2 is 1.79 bits per heavy atom. The number of hydrogen-bond acceptors (Lipinski definition) is 3. The minimum absolute atomic E-state index is 0.184. The molecule has 1 atom stereocenters. The van der Waals surface area contributed by atoms with Crippen LogP contribution in [0.3, 0.4) is 0 Å². The molecule has 0 aliphatic carbocycles. The molecule has 2 aromatic rings. The average molecular weight is 410 g/mol. The second-order valence-electron chi connectivity index (χ2n) is 6.71. The number of piperazine rings is 1. The van der Waals surface area contributed by atoms with Gasteiger partial charge in [0.15, 0.2) is 6.04 Å². The van der Waals surface area contributed by atoms with Crippen LogP contribution in [0.1, 0.15) is 6.92 Å². The number of amides is 1. The topological polar surface area (TPSA) is 70.9 Å². The third-order valence-electron chi connectivity index (χ3n) is 4.92. The van der Waals surface area contributed by atoms with E-state index in [1.165, 1.54) is 40.7 Å². The number of nitrogens with zero attached hydrogens (tertiary/aromatic N) is 1. The second-order valence-corrected chi connectivity index (χ2v) is 8.62. The Hall–Kier alpha value is -2.36. The molecule has 9 heteroatoms. The molecule has 0 bridgehead atoms. The quantitative estimate of drug-likeness (QED) is 0.769. The van der Waals surface area contributed by atoms with Gasteiger partial charge in [0.1, 0.15) is 16.5 Å². The van der Waals surface area contributed by atoms with Gasteiger partial charge in [0.2, 0.25) is 10.0 Å². The van der Waals surface area contributed by atoms with E-state index in [2.05, 4.69) is 5.32 Å². The van der Waals surface area contributed by atoms with E-state index in [1.54, 1.807) is 13.0 Å². The molecule has 1 heterocycles. The van der Waals surface area contributed by atoms with Gasteiger partial charge in [-0.25, -0.2) is 17.2 Å². The highest BCUT2D eigenvalue weighted by atomic mass is 32.2. The number of benzene rings is 2. The fourth-order valence-electron chi connectivity index (χ4n) is 3.24. The van der Waals surface area contributed by atoms with Crippen molar-refractivity contribution in [3.05, 3.63) is 60.2 Å². The maximum absolute atomic E-state index is 13.9. The highest BCUT2D eigenvalue weighted by Crippen LogP contribution is 2.18. The number of rotatable bonds is 5. The van der Waals surface area contributed by atoms with Gasteiger partial charge < -0.3 is 10.2 Å². The highest BCUT2D eigenvalue weighted by molar-refractivity contribution is 7.89. The van der Waals surface area contributed by atoms with Crippen molar-refractivity contribution in [2.45, 2.75) is 17.9 Å². The molecular weight excluding hydrogens is 388 g/mol. The number of halogens is 2. The minimum atomic E-state index is -3.91. The molecule has 1 saturated heterocycles. The van der Waals surface area contributed by atoms with Crippen LogP contribution in [0.25, 0.3) is 0 Å². The molecule has 0 unspecified atom stereocenters. The van der Waals surface area contributed by atoms with Gasteiger partial charge in [-0.1, -0.05) is 18.2 Å². The Bertz CT molecular complexity index is 960. The molecule has 2 aromatic carbocycles. The summed E-state index contributed by atoms with van der Waals surface area (Å²) in [7, 11) is -3.91. The number of nitrogens with one attached hydrogen (secondary N) is 2. The van der Waals surface area contributed by atoms with Crippen LogP contribution in [0, 0.1) is 11.6 Å². The third-order valence-corrected chi connectivity index (χ3v) is 6.85. The largest absolute Gasteiger partial charge is 0.323 e. The monoisotopic (exact) mass is 410 g/mol. The summed E-state index contributed by atoms with van der Waals surface area (Å²) in [5.41, 5.74) is 0.372. The Balaban J connectivity index is 1.61. The molecule has 0 aromatic heterocycles. The number of carbonyl (C=O) groups excluding carboxylic acids is 1. The van der Waals surface area contributed by atoms with Crippen molar-refractivity contribution in [3.8, 4) is 0 Å². The van der Waals surface area contributed by atoms with Crippen LogP contribution in [-0.2, 0) is 14.8 Å². The van der Waals surface area contributed by atoms with Crippen molar-refractivity contribution in [2.75, 3.05) is 31.5 Å². The highest BCUT2D eigenvalue weighted by Gasteiger charge is 2.35. The zero-order valence-corrected chi connectivity index (χ0v) is 16.2. The Labute approximate surface area is 162 Å². The average Bonchev–Trinajstić information content (AvgIpc) is 2.67. The predicted octanol–water partition coefficient (Wildman–Crippen LogP) is 0.881. The van der Waals surface area contributed by atoms with Gasteiger partial charge in [0.25, 0.3) is 5.91 Å². The van der Waals surface area contributed by atoms with Crippen LogP contribution in [0.4, 0.5) is 14.5 Å². The Kier molecular flexibility index (Phi) is 6.07. The van der Waals surface area contributed by atoms with Crippen molar-refractivity contribution in [1.82, 2.24) is 4.31 Å². The van der Waals surface area contributed by atoms with E-state index in [-0.39, 0.29) is 23.9 Å². The lowest BCUT2D eigenvalue weighted by Crippen LogP contribution is -3.19. The number of hydrogen-bond donors (Lipinski definition) is 2. The molecule has 1 amide bonds. The molecule has 1 aliphatic heterocycles. The lowest BCUT2D eigenvalue weighted by molar-refractivity contribution is -0.917. The van der Waals surface area contributed by atoms with Gasteiger partial charge in [-0.15, -0.1) is 0 Å². The first-order valence-corrected chi connectivity index (χ1v) is 10.4. The molecule has 150 valence electrons. The van der Waals surface area contributed by atoms with Crippen LogP contribution in [0.15, 0.2) is 53.4 Å². The van der Waals surface area contributed by atoms with E-state index in [1.807, 2.05) is 0 Å². The molecule has 0 radical (unpaired) electrons. The first-order valence-electron chi connectivity index (χ1n) is 8.95. The molecule has 0 saturated carbocycles. The zero-order chi connectivity index (χ0) is 20.3. The van der Waals surface area contributed by atoms with Gasteiger partial charge in [-0.3, -0.25) is 4.79 Å². The summed E-state index contributed by atoms with van der Waals surface area (Å²) < 4.78 is 53.7. The Morgan fingerprint density at radius 1 is 1.11 bits per heavy atom. The number of anilines is 1. The third kappa shape index (κ3) is 4.37. The predicted molar refractivity (Wildman–Crippen MR) is 100 cm³/mol. The molecule has 6 nitrogen and oxygen atoms in total. The van der Waals surface area contributed by atoms with E-state index in [0.717, 1.165) is 11.0 Å². The normalized spacial score (nSPS) is 17.2. The first-order chi connectivity index (χ1) is 13.3. The van der Waals surface area contributed by atoms with Crippen LogP contribution in [0.2, 0.25) is 0 Å². The smallest absolute Gasteiger partial charge is 0.282 e. The van der Waals surface area contributed by atoms with Crippen molar-refractivity contribution in [1.29, 1.82) is 0 Å². The Morgan fingerprint density at radius 3 is 2.43 bits per heavy atom. The molecule has 1 fully saturated rings. The van der Waals surface area contributed by atoms with Crippen LogP contribution in [0.5, 0.6) is 0 Å². The molecule has 1 aliphatic rings. The van der Waals surface area contributed by atoms with E-state index in [0.29, 0.717) is 18.8 Å². The fraction of sp³-hybridized carbons (Fsp3) is 0.316. The summed E-state index contributed by atoms with van der Waals surface area (Å²) in [6.45, 7) is 2.93. The standard InChI is InChI=1S/C19H21F2N3O3S/c1-14(19(25)22-16-6-4-5-15(20)13-16)23-9-11-24(12-10-23)28(26,27)18-8-3-2-7-17(18)21/h2-8,13-14H,9-12H2,1H3,(H,22,25)/p+1/t14-/m0/s1. The van der Waals surface area contributed by atoms with E-state index < -0.39 is 27.7 Å². The summed E-state index contributed by atoms with van der Waals surface area (Å²) in [5.74, 6) is -1.49. The van der Waals surface area contributed by atoms with Crippen molar-refractivity contribution < 1.29 is 26.9 Å². The van der Waals surface area contributed by atoms with Crippen molar-refractivity contribution >= 4 is 21.6 Å². The van der Waals surface area contributed by atoms with E-state index in [4.69, 9.17) is 0 Å². The van der Waals surface area contributed by atoms with Crippen LogP contribution < -0.4 is 10.2 Å². The van der Waals surface area contributed by atoms with E-state index in [9.17, 15) is 22.0 Å². The summed E-state index contributed by atoms with van der Waals surface area (Å²) >= 11 is 0. The van der Waals surface area contributed by atoms with Gasteiger partial charge >= 0.3 is 0 Å². The SMILES string of the molecule is C[C@@H](C(=O)Nc1cccc(F)c1)[NH+]1CCN(S(=O)(=O)c2ccccc2F)CC1. The lowest BCUT2D eigenvalue weighted by Gasteiger charge is -2.34. The van der Waals surface area contributed by atoms with Crippen molar-refractivity contribution in [3.63, 3.8) is 0 Å².